The lowest BCUT2D eigenvalue weighted by Crippen LogP contribution is -2.32. The van der Waals surface area contributed by atoms with E-state index in [0.29, 0.717) is 13.2 Å². The highest BCUT2D eigenvalue weighted by Crippen LogP contribution is 2.17. The van der Waals surface area contributed by atoms with Crippen molar-refractivity contribution in [3.8, 4) is 5.75 Å². The van der Waals surface area contributed by atoms with Gasteiger partial charge < -0.3 is 15.2 Å². The van der Waals surface area contributed by atoms with Crippen LogP contribution in [0.2, 0.25) is 0 Å². The number of nitrogens with one attached hydrogen (secondary N) is 1. The second-order valence-corrected chi connectivity index (χ2v) is 6.58. The zero-order valence-electron chi connectivity index (χ0n) is 12.0. The molecule has 1 aromatic carbocycles. The van der Waals surface area contributed by atoms with Crippen LogP contribution in [0.4, 0.5) is 0 Å². The van der Waals surface area contributed by atoms with Crippen LogP contribution in [0.5, 0.6) is 5.75 Å². The van der Waals surface area contributed by atoms with Crippen molar-refractivity contribution >= 4 is 27.7 Å². The van der Waals surface area contributed by atoms with Gasteiger partial charge in [0.1, 0.15) is 18.5 Å². The quantitative estimate of drug-likeness (QED) is 0.593. The van der Waals surface area contributed by atoms with Crippen LogP contribution in [0.15, 0.2) is 28.7 Å². The van der Waals surface area contributed by atoms with Crippen LogP contribution in [0, 0.1) is 0 Å². The molecule has 114 valence electrons. The van der Waals surface area contributed by atoms with Gasteiger partial charge in [0, 0.05) is 11.0 Å². The molecule has 0 spiro atoms. The number of aliphatic hydroxyl groups excluding tert-OH is 1. The molecular weight excluding hydrogens is 338 g/mol. The van der Waals surface area contributed by atoms with Crippen LogP contribution < -0.4 is 10.1 Å². The minimum Gasteiger partial charge on any atom is -0.491 e. The fourth-order valence-corrected chi connectivity index (χ4v) is 2.62. The summed E-state index contributed by atoms with van der Waals surface area (Å²) in [5.74, 6) is 2.01. The molecule has 0 aliphatic carbocycles. The van der Waals surface area contributed by atoms with Gasteiger partial charge in [-0.2, -0.15) is 11.8 Å². The normalized spacial score (nSPS) is 12.3. The lowest BCUT2D eigenvalue weighted by molar-refractivity contribution is 0.106. The van der Waals surface area contributed by atoms with Gasteiger partial charge >= 0.3 is 0 Å². The fraction of sp³-hybridized carbons (Fsp3) is 0.600. The average Bonchev–Trinajstić information content (AvgIpc) is 2.44. The van der Waals surface area contributed by atoms with Gasteiger partial charge in [-0.3, -0.25) is 0 Å². The molecule has 3 nitrogen and oxygen atoms in total. The van der Waals surface area contributed by atoms with E-state index in [1.165, 1.54) is 25.0 Å². The number of unbranched alkanes of at least 4 members (excludes halogenated alkanes) is 2. The summed E-state index contributed by atoms with van der Waals surface area (Å²) in [6, 6.07) is 7.64. The summed E-state index contributed by atoms with van der Waals surface area (Å²) in [5, 5.41) is 13.1. The molecular formula is C15H24BrNO2S. The van der Waals surface area contributed by atoms with Crippen molar-refractivity contribution in [2.45, 2.75) is 25.4 Å². The van der Waals surface area contributed by atoms with Gasteiger partial charge in [0.05, 0.1) is 0 Å². The van der Waals surface area contributed by atoms with Crippen molar-refractivity contribution in [2.24, 2.45) is 0 Å². The molecule has 1 aromatic rings. The SMILES string of the molecule is CSCCCCCNCC(O)COc1cccc(Br)c1. The summed E-state index contributed by atoms with van der Waals surface area (Å²) in [7, 11) is 0. The maximum absolute atomic E-state index is 9.82. The maximum atomic E-state index is 9.82. The fourth-order valence-electron chi connectivity index (χ4n) is 1.75. The summed E-state index contributed by atoms with van der Waals surface area (Å²) in [5.41, 5.74) is 0. The Hall–Kier alpha value is -0.230. The van der Waals surface area contributed by atoms with Gasteiger partial charge in [-0.25, -0.2) is 0 Å². The number of thioether (sulfide) groups is 1. The smallest absolute Gasteiger partial charge is 0.120 e. The zero-order chi connectivity index (χ0) is 14.6. The van der Waals surface area contributed by atoms with E-state index >= 15 is 0 Å². The second kappa shape index (κ2) is 11.4. The Balaban J connectivity index is 2.01. The molecule has 5 heteroatoms. The summed E-state index contributed by atoms with van der Waals surface area (Å²) in [4.78, 5) is 0. The third kappa shape index (κ3) is 8.84. The van der Waals surface area contributed by atoms with E-state index in [-0.39, 0.29) is 0 Å². The first-order valence-corrected chi connectivity index (χ1v) is 9.17. The second-order valence-electron chi connectivity index (χ2n) is 4.68. The van der Waals surface area contributed by atoms with E-state index < -0.39 is 6.10 Å². The van der Waals surface area contributed by atoms with Crippen molar-refractivity contribution in [3.63, 3.8) is 0 Å². The lowest BCUT2D eigenvalue weighted by atomic mass is 10.2. The molecule has 0 aliphatic heterocycles. The predicted octanol–water partition coefficient (Wildman–Crippen LogP) is 3.31. The number of hydrogen-bond donors (Lipinski definition) is 2. The molecule has 0 amide bonds. The van der Waals surface area contributed by atoms with Gasteiger partial charge in [0.25, 0.3) is 0 Å². The third-order valence-corrected chi connectivity index (χ3v) is 4.01. The van der Waals surface area contributed by atoms with Gasteiger partial charge in [-0.15, -0.1) is 0 Å². The van der Waals surface area contributed by atoms with Crippen molar-refractivity contribution in [3.05, 3.63) is 28.7 Å². The number of benzene rings is 1. The van der Waals surface area contributed by atoms with Crippen LogP contribution in [0.3, 0.4) is 0 Å². The summed E-state index contributed by atoms with van der Waals surface area (Å²) >= 11 is 5.29. The first kappa shape index (κ1) is 17.8. The van der Waals surface area contributed by atoms with Gasteiger partial charge in [0.15, 0.2) is 0 Å². The van der Waals surface area contributed by atoms with Crippen molar-refractivity contribution in [1.82, 2.24) is 5.32 Å². The molecule has 0 aliphatic rings. The first-order valence-electron chi connectivity index (χ1n) is 6.98. The maximum Gasteiger partial charge on any atom is 0.120 e. The molecule has 2 N–H and O–H groups in total. The Bertz CT molecular complexity index is 365. The Morgan fingerprint density at radius 3 is 2.95 bits per heavy atom. The minimum absolute atomic E-state index is 0.315. The Morgan fingerprint density at radius 1 is 1.35 bits per heavy atom. The van der Waals surface area contributed by atoms with Crippen molar-refractivity contribution < 1.29 is 9.84 Å². The average molecular weight is 362 g/mol. The standard InChI is InChI=1S/C15H24BrNO2S/c1-20-9-4-2-3-8-17-11-14(18)12-19-15-7-5-6-13(16)10-15/h5-7,10,14,17-18H,2-4,8-9,11-12H2,1H3. The van der Waals surface area contributed by atoms with Crippen LogP contribution in [0.1, 0.15) is 19.3 Å². The van der Waals surface area contributed by atoms with E-state index in [0.717, 1.165) is 16.8 Å². The molecule has 0 saturated heterocycles. The van der Waals surface area contributed by atoms with Crippen LogP contribution >= 0.6 is 27.7 Å². The molecule has 0 fully saturated rings. The zero-order valence-corrected chi connectivity index (χ0v) is 14.4. The highest BCUT2D eigenvalue weighted by molar-refractivity contribution is 9.10. The van der Waals surface area contributed by atoms with E-state index in [4.69, 9.17) is 4.74 Å². The van der Waals surface area contributed by atoms with E-state index in [1.807, 2.05) is 36.0 Å². The molecule has 0 heterocycles. The highest BCUT2D eigenvalue weighted by atomic mass is 79.9. The topological polar surface area (TPSA) is 41.5 Å². The number of ether oxygens (including phenoxy) is 1. The van der Waals surface area contributed by atoms with E-state index in [2.05, 4.69) is 27.5 Å². The van der Waals surface area contributed by atoms with Gasteiger partial charge in [-0.1, -0.05) is 28.4 Å². The number of rotatable bonds is 11. The number of halogens is 1. The number of aliphatic hydroxyl groups is 1. The van der Waals surface area contributed by atoms with Crippen LogP contribution in [0.25, 0.3) is 0 Å². The Labute approximate surface area is 134 Å². The summed E-state index contributed by atoms with van der Waals surface area (Å²) in [6.45, 7) is 1.86. The molecule has 1 atom stereocenters. The lowest BCUT2D eigenvalue weighted by Gasteiger charge is -2.13. The monoisotopic (exact) mass is 361 g/mol. The summed E-state index contributed by atoms with van der Waals surface area (Å²) < 4.78 is 6.52. The molecule has 1 unspecified atom stereocenters. The highest BCUT2D eigenvalue weighted by Gasteiger charge is 2.04. The summed E-state index contributed by atoms with van der Waals surface area (Å²) in [6.07, 6.45) is 5.36. The molecule has 0 radical (unpaired) electrons. The first-order chi connectivity index (χ1) is 9.72. The van der Waals surface area contributed by atoms with E-state index in [1.54, 1.807) is 0 Å². The Kier molecular flexibility index (Phi) is 10.2. The number of hydrogen-bond acceptors (Lipinski definition) is 4. The van der Waals surface area contributed by atoms with Gasteiger partial charge in [0.2, 0.25) is 0 Å². The Morgan fingerprint density at radius 2 is 2.20 bits per heavy atom. The van der Waals surface area contributed by atoms with Crippen molar-refractivity contribution in [2.75, 3.05) is 31.7 Å². The van der Waals surface area contributed by atoms with Crippen LogP contribution in [-0.2, 0) is 0 Å². The molecule has 0 bridgehead atoms. The minimum atomic E-state index is -0.472. The molecule has 0 saturated carbocycles. The van der Waals surface area contributed by atoms with Crippen molar-refractivity contribution in [1.29, 1.82) is 0 Å². The molecule has 20 heavy (non-hydrogen) atoms. The predicted molar refractivity (Wildman–Crippen MR) is 90.7 cm³/mol. The largest absolute Gasteiger partial charge is 0.491 e. The molecule has 1 rings (SSSR count). The van der Waals surface area contributed by atoms with E-state index in [9.17, 15) is 5.11 Å². The molecule has 0 aromatic heterocycles. The van der Waals surface area contributed by atoms with Gasteiger partial charge in [-0.05, 0) is 49.6 Å². The third-order valence-electron chi connectivity index (χ3n) is 2.82. The van der Waals surface area contributed by atoms with Crippen LogP contribution in [-0.4, -0.2) is 42.9 Å².